The van der Waals surface area contributed by atoms with Crippen molar-refractivity contribution in [3.8, 4) is 0 Å². The number of piperidine rings is 1. The summed E-state index contributed by atoms with van der Waals surface area (Å²) in [6, 6.07) is 5.34. The SMILES string of the molecule is Cc1c(CO)cccc1S(=O)(=O)N1CCCC(N(C)C)C1. The van der Waals surface area contributed by atoms with Crippen molar-refractivity contribution in [3.63, 3.8) is 0 Å². The molecule has 0 aromatic heterocycles. The number of aliphatic hydroxyl groups is 1. The number of likely N-dealkylation sites (N-methyl/N-ethyl adjacent to an activating group) is 1. The highest BCUT2D eigenvalue weighted by molar-refractivity contribution is 7.89. The zero-order valence-electron chi connectivity index (χ0n) is 12.9. The van der Waals surface area contributed by atoms with E-state index in [4.69, 9.17) is 0 Å². The lowest BCUT2D eigenvalue weighted by atomic mass is 10.1. The van der Waals surface area contributed by atoms with Crippen molar-refractivity contribution in [2.75, 3.05) is 27.2 Å². The molecule has 118 valence electrons. The van der Waals surface area contributed by atoms with Gasteiger partial charge < -0.3 is 10.0 Å². The van der Waals surface area contributed by atoms with E-state index < -0.39 is 10.0 Å². The Balaban J connectivity index is 2.34. The first-order chi connectivity index (χ1) is 9.87. The Hall–Kier alpha value is -0.950. The van der Waals surface area contributed by atoms with Crippen molar-refractivity contribution in [2.45, 2.75) is 37.3 Å². The van der Waals surface area contributed by atoms with Crippen LogP contribution < -0.4 is 0 Å². The Labute approximate surface area is 127 Å². The second-order valence-electron chi connectivity index (χ2n) is 5.82. The van der Waals surface area contributed by atoms with Crippen LogP contribution in [0.4, 0.5) is 0 Å². The Morgan fingerprint density at radius 2 is 2.10 bits per heavy atom. The van der Waals surface area contributed by atoms with Crippen LogP contribution in [0.15, 0.2) is 23.1 Å². The molecule has 1 unspecified atom stereocenters. The van der Waals surface area contributed by atoms with Gasteiger partial charge in [-0.05, 0) is 51.1 Å². The molecule has 6 heteroatoms. The average Bonchev–Trinajstić information content (AvgIpc) is 2.47. The molecule has 0 saturated carbocycles. The molecule has 1 aliphatic rings. The number of rotatable bonds is 4. The molecule has 1 saturated heterocycles. The first kappa shape index (κ1) is 16.4. The maximum Gasteiger partial charge on any atom is 0.243 e. The maximum atomic E-state index is 12.9. The molecular weight excluding hydrogens is 288 g/mol. The smallest absolute Gasteiger partial charge is 0.243 e. The predicted molar refractivity (Wildman–Crippen MR) is 82.6 cm³/mol. The highest BCUT2D eigenvalue weighted by atomic mass is 32.2. The van der Waals surface area contributed by atoms with Crippen LogP contribution in [0.5, 0.6) is 0 Å². The van der Waals surface area contributed by atoms with E-state index in [1.165, 1.54) is 0 Å². The van der Waals surface area contributed by atoms with Gasteiger partial charge in [-0.25, -0.2) is 8.42 Å². The molecule has 1 aromatic rings. The lowest BCUT2D eigenvalue weighted by molar-refractivity contribution is 0.190. The standard InChI is InChI=1S/C15H24N2O3S/c1-12-13(11-18)6-4-8-15(12)21(19,20)17-9-5-7-14(10-17)16(2)3/h4,6,8,14,18H,5,7,9-11H2,1-3H3. The van der Waals surface area contributed by atoms with Crippen LogP contribution in [-0.4, -0.2) is 56.0 Å². The Kier molecular flexibility index (Phi) is 5.03. The molecule has 0 radical (unpaired) electrons. The van der Waals surface area contributed by atoms with E-state index in [0.717, 1.165) is 12.8 Å². The molecule has 1 aliphatic heterocycles. The second kappa shape index (κ2) is 6.44. The highest BCUT2D eigenvalue weighted by Gasteiger charge is 2.32. The molecule has 0 aliphatic carbocycles. The summed E-state index contributed by atoms with van der Waals surface area (Å²) in [4.78, 5) is 2.40. The number of benzene rings is 1. The number of nitrogens with zero attached hydrogens (tertiary/aromatic N) is 2. The van der Waals surface area contributed by atoms with Crippen LogP contribution in [-0.2, 0) is 16.6 Å². The van der Waals surface area contributed by atoms with Gasteiger partial charge in [-0.3, -0.25) is 0 Å². The lowest BCUT2D eigenvalue weighted by Crippen LogP contribution is -2.47. The van der Waals surface area contributed by atoms with Crippen molar-refractivity contribution in [2.24, 2.45) is 0 Å². The van der Waals surface area contributed by atoms with Crippen LogP contribution in [0, 0.1) is 6.92 Å². The van der Waals surface area contributed by atoms with Gasteiger partial charge in [0.15, 0.2) is 0 Å². The molecule has 1 heterocycles. The van der Waals surface area contributed by atoms with Gasteiger partial charge in [0.1, 0.15) is 0 Å². The maximum absolute atomic E-state index is 12.9. The molecule has 5 nitrogen and oxygen atoms in total. The van der Waals surface area contributed by atoms with Gasteiger partial charge in [0.05, 0.1) is 11.5 Å². The van der Waals surface area contributed by atoms with Crippen LogP contribution in [0.1, 0.15) is 24.0 Å². The first-order valence-corrected chi connectivity index (χ1v) is 8.68. The summed E-state index contributed by atoms with van der Waals surface area (Å²) in [5, 5.41) is 9.32. The minimum atomic E-state index is -3.50. The summed E-state index contributed by atoms with van der Waals surface area (Å²) in [6.07, 6.45) is 1.90. The minimum absolute atomic E-state index is 0.143. The Morgan fingerprint density at radius 1 is 1.38 bits per heavy atom. The summed E-state index contributed by atoms with van der Waals surface area (Å²) >= 11 is 0. The molecule has 0 amide bonds. The van der Waals surface area contributed by atoms with Gasteiger partial charge in [0, 0.05) is 19.1 Å². The van der Waals surface area contributed by atoms with Crippen molar-refractivity contribution in [1.82, 2.24) is 9.21 Å². The fourth-order valence-electron chi connectivity index (χ4n) is 2.81. The van der Waals surface area contributed by atoms with E-state index in [0.29, 0.717) is 29.1 Å². The molecule has 2 rings (SSSR count). The number of sulfonamides is 1. The summed E-state index contributed by atoms with van der Waals surface area (Å²) in [7, 11) is 0.473. The van der Waals surface area contributed by atoms with E-state index >= 15 is 0 Å². The zero-order chi connectivity index (χ0) is 15.6. The van der Waals surface area contributed by atoms with Gasteiger partial charge in [-0.1, -0.05) is 12.1 Å². The fourth-order valence-corrected chi connectivity index (χ4v) is 4.59. The summed E-state index contributed by atoms with van der Waals surface area (Å²) in [5.74, 6) is 0. The molecule has 0 bridgehead atoms. The molecule has 1 N–H and O–H groups in total. The number of hydrogen-bond acceptors (Lipinski definition) is 4. The van der Waals surface area contributed by atoms with E-state index in [-0.39, 0.29) is 12.6 Å². The minimum Gasteiger partial charge on any atom is -0.392 e. The van der Waals surface area contributed by atoms with E-state index in [1.54, 1.807) is 29.4 Å². The van der Waals surface area contributed by atoms with Gasteiger partial charge in [-0.2, -0.15) is 4.31 Å². The fraction of sp³-hybridized carbons (Fsp3) is 0.600. The Morgan fingerprint density at radius 3 is 2.71 bits per heavy atom. The van der Waals surface area contributed by atoms with Gasteiger partial charge >= 0.3 is 0 Å². The largest absolute Gasteiger partial charge is 0.392 e. The van der Waals surface area contributed by atoms with E-state index in [9.17, 15) is 13.5 Å². The van der Waals surface area contributed by atoms with Crippen LogP contribution in [0.25, 0.3) is 0 Å². The van der Waals surface area contributed by atoms with Crippen LogP contribution >= 0.6 is 0 Å². The quantitative estimate of drug-likeness (QED) is 0.907. The monoisotopic (exact) mass is 312 g/mol. The van der Waals surface area contributed by atoms with Crippen LogP contribution in [0.3, 0.4) is 0 Å². The zero-order valence-corrected chi connectivity index (χ0v) is 13.7. The summed E-state index contributed by atoms with van der Waals surface area (Å²) < 4.78 is 27.3. The topological polar surface area (TPSA) is 60.9 Å². The Bertz CT molecular complexity index is 599. The predicted octanol–water partition coefficient (Wildman–Crippen LogP) is 1.20. The van der Waals surface area contributed by atoms with E-state index in [1.807, 2.05) is 14.1 Å². The van der Waals surface area contributed by atoms with Gasteiger partial charge in [-0.15, -0.1) is 0 Å². The van der Waals surface area contributed by atoms with Crippen molar-refractivity contribution >= 4 is 10.0 Å². The third-order valence-electron chi connectivity index (χ3n) is 4.27. The first-order valence-electron chi connectivity index (χ1n) is 7.24. The highest BCUT2D eigenvalue weighted by Crippen LogP contribution is 2.26. The summed E-state index contributed by atoms with van der Waals surface area (Å²) in [6.45, 7) is 2.70. The van der Waals surface area contributed by atoms with Crippen molar-refractivity contribution in [3.05, 3.63) is 29.3 Å². The second-order valence-corrected chi connectivity index (χ2v) is 7.73. The van der Waals surface area contributed by atoms with Crippen molar-refractivity contribution in [1.29, 1.82) is 0 Å². The number of hydrogen-bond donors (Lipinski definition) is 1. The van der Waals surface area contributed by atoms with Gasteiger partial charge in [0.2, 0.25) is 10.0 Å². The molecule has 0 spiro atoms. The van der Waals surface area contributed by atoms with Gasteiger partial charge in [0.25, 0.3) is 0 Å². The normalized spacial score (nSPS) is 20.9. The van der Waals surface area contributed by atoms with Crippen molar-refractivity contribution < 1.29 is 13.5 Å². The average molecular weight is 312 g/mol. The van der Waals surface area contributed by atoms with Crippen LogP contribution in [0.2, 0.25) is 0 Å². The number of aliphatic hydroxyl groups excluding tert-OH is 1. The summed E-state index contributed by atoms with van der Waals surface area (Å²) in [5.41, 5.74) is 1.31. The third kappa shape index (κ3) is 3.29. The molecular formula is C15H24N2O3S. The van der Waals surface area contributed by atoms with E-state index in [2.05, 4.69) is 4.90 Å². The molecule has 1 fully saturated rings. The third-order valence-corrected chi connectivity index (χ3v) is 6.28. The molecule has 1 aromatic carbocycles. The molecule has 21 heavy (non-hydrogen) atoms. The lowest BCUT2D eigenvalue weighted by Gasteiger charge is -2.35. The molecule has 1 atom stereocenters.